The lowest BCUT2D eigenvalue weighted by Crippen LogP contribution is -2.42. The summed E-state index contributed by atoms with van der Waals surface area (Å²) in [6.45, 7) is 6.51. The van der Waals surface area contributed by atoms with Gasteiger partial charge in [-0.3, -0.25) is 4.79 Å². The van der Waals surface area contributed by atoms with Crippen molar-refractivity contribution in [1.29, 1.82) is 0 Å². The third kappa shape index (κ3) is 6.68. The summed E-state index contributed by atoms with van der Waals surface area (Å²) < 4.78 is 44.0. The molecule has 0 aliphatic heterocycles. The monoisotopic (exact) mass is 317 g/mol. The highest BCUT2D eigenvalue weighted by atomic mass is 32.2. The zero-order valence-corrected chi connectivity index (χ0v) is 13.3. The zero-order chi connectivity index (χ0) is 16.3. The van der Waals surface area contributed by atoms with Crippen molar-refractivity contribution in [1.82, 2.24) is 4.72 Å². The summed E-state index contributed by atoms with van der Waals surface area (Å²) in [6, 6.07) is 4.14. The van der Waals surface area contributed by atoms with E-state index in [0.29, 0.717) is 5.56 Å². The van der Waals surface area contributed by atoms with Crippen molar-refractivity contribution in [3.05, 3.63) is 35.6 Å². The van der Waals surface area contributed by atoms with Gasteiger partial charge in [0.1, 0.15) is 17.5 Å². The van der Waals surface area contributed by atoms with Crippen LogP contribution in [0.4, 0.5) is 4.39 Å². The summed E-state index contributed by atoms with van der Waals surface area (Å²) in [4.78, 5) is 11.7. The van der Waals surface area contributed by atoms with Crippen molar-refractivity contribution < 1.29 is 22.3 Å². The van der Waals surface area contributed by atoms with Crippen molar-refractivity contribution >= 4 is 16.0 Å². The predicted molar refractivity (Wildman–Crippen MR) is 77.5 cm³/mol. The standard InChI is InChI=1S/C14H20FNO4S/c1-10(13(17)20-14(2,3)4)16-21(18,19)9-11-5-7-12(15)8-6-11/h5-8,10,16H,9H2,1-4H3/t10-/m0/s1. The largest absolute Gasteiger partial charge is 0.459 e. The minimum absolute atomic E-state index is 0.333. The van der Waals surface area contributed by atoms with E-state index in [4.69, 9.17) is 4.74 Å². The first kappa shape index (κ1) is 17.6. The van der Waals surface area contributed by atoms with E-state index in [1.165, 1.54) is 31.2 Å². The molecular weight excluding hydrogens is 297 g/mol. The van der Waals surface area contributed by atoms with E-state index >= 15 is 0 Å². The molecule has 0 fully saturated rings. The Morgan fingerprint density at radius 1 is 1.29 bits per heavy atom. The number of nitrogens with one attached hydrogen (secondary N) is 1. The number of hydrogen-bond donors (Lipinski definition) is 1. The molecule has 21 heavy (non-hydrogen) atoms. The Morgan fingerprint density at radius 3 is 2.29 bits per heavy atom. The first-order valence-corrected chi connectivity index (χ1v) is 8.11. The fraction of sp³-hybridized carbons (Fsp3) is 0.500. The molecule has 0 spiro atoms. The second kappa shape index (κ2) is 6.53. The molecule has 0 aromatic heterocycles. The first-order chi connectivity index (χ1) is 9.48. The molecule has 1 aromatic rings. The Morgan fingerprint density at radius 2 is 1.81 bits per heavy atom. The van der Waals surface area contributed by atoms with Crippen LogP contribution in [-0.4, -0.2) is 26.0 Å². The first-order valence-electron chi connectivity index (χ1n) is 6.46. The van der Waals surface area contributed by atoms with Gasteiger partial charge in [0.15, 0.2) is 0 Å². The second-order valence-electron chi connectivity index (χ2n) is 5.76. The Hall–Kier alpha value is -1.47. The van der Waals surface area contributed by atoms with Crippen LogP contribution >= 0.6 is 0 Å². The van der Waals surface area contributed by atoms with Crippen molar-refractivity contribution in [2.45, 2.75) is 45.1 Å². The van der Waals surface area contributed by atoms with E-state index in [0.717, 1.165) is 0 Å². The van der Waals surface area contributed by atoms with Crippen LogP contribution in [0.25, 0.3) is 0 Å². The second-order valence-corrected chi connectivity index (χ2v) is 7.51. The topological polar surface area (TPSA) is 72.5 Å². The summed E-state index contributed by atoms with van der Waals surface area (Å²) in [5.41, 5.74) is -0.256. The van der Waals surface area contributed by atoms with Crippen LogP contribution in [0.15, 0.2) is 24.3 Å². The zero-order valence-electron chi connectivity index (χ0n) is 12.5. The van der Waals surface area contributed by atoms with E-state index in [1.807, 2.05) is 0 Å². The summed E-state index contributed by atoms with van der Waals surface area (Å²) >= 11 is 0. The van der Waals surface area contributed by atoms with Crippen LogP contribution in [0, 0.1) is 5.82 Å². The number of rotatable bonds is 5. The highest BCUT2D eigenvalue weighted by molar-refractivity contribution is 7.88. The normalized spacial score (nSPS) is 13.8. The summed E-state index contributed by atoms with van der Waals surface area (Å²) in [7, 11) is -3.72. The molecule has 0 heterocycles. The fourth-order valence-electron chi connectivity index (χ4n) is 1.55. The lowest BCUT2D eigenvalue weighted by atomic mass is 10.2. The van der Waals surface area contributed by atoms with Crippen LogP contribution in [-0.2, 0) is 25.3 Å². The Kier molecular flexibility index (Phi) is 5.47. The molecule has 118 valence electrons. The maximum Gasteiger partial charge on any atom is 0.324 e. The van der Waals surface area contributed by atoms with Gasteiger partial charge in [-0.25, -0.2) is 17.5 Å². The third-order valence-electron chi connectivity index (χ3n) is 2.39. The lowest BCUT2D eigenvalue weighted by Gasteiger charge is -2.22. The molecule has 0 bridgehead atoms. The van der Waals surface area contributed by atoms with Gasteiger partial charge in [0.25, 0.3) is 0 Å². The van der Waals surface area contributed by atoms with E-state index in [1.54, 1.807) is 20.8 Å². The minimum atomic E-state index is -3.72. The van der Waals surface area contributed by atoms with E-state index < -0.39 is 33.5 Å². The molecule has 5 nitrogen and oxygen atoms in total. The quantitative estimate of drug-likeness (QED) is 0.843. The van der Waals surface area contributed by atoms with E-state index in [9.17, 15) is 17.6 Å². The van der Waals surface area contributed by atoms with Crippen molar-refractivity contribution in [2.24, 2.45) is 0 Å². The third-order valence-corrected chi connectivity index (χ3v) is 3.81. The number of halogens is 1. The number of benzene rings is 1. The molecule has 0 radical (unpaired) electrons. The van der Waals surface area contributed by atoms with E-state index in [2.05, 4.69) is 4.72 Å². The molecule has 7 heteroatoms. The molecule has 0 saturated carbocycles. The number of ether oxygens (including phenoxy) is 1. The molecule has 0 aliphatic rings. The van der Waals surface area contributed by atoms with Crippen LogP contribution in [0.3, 0.4) is 0 Å². The number of esters is 1. The van der Waals surface area contributed by atoms with Gasteiger partial charge in [-0.1, -0.05) is 12.1 Å². The van der Waals surface area contributed by atoms with Gasteiger partial charge in [0.2, 0.25) is 10.0 Å². The molecule has 1 rings (SSSR count). The van der Waals surface area contributed by atoms with Gasteiger partial charge in [-0.05, 0) is 45.4 Å². The number of sulfonamides is 1. The average Bonchev–Trinajstić information content (AvgIpc) is 2.29. The fourth-order valence-corrected chi connectivity index (χ4v) is 2.90. The summed E-state index contributed by atoms with van der Waals surface area (Å²) in [5.74, 6) is -1.42. The van der Waals surface area contributed by atoms with Gasteiger partial charge in [0, 0.05) is 0 Å². The smallest absolute Gasteiger partial charge is 0.324 e. The highest BCUT2D eigenvalue weighted by Crippen LogP contribution is 2.10. The molecule has 0 amide bonds. The number of carbonyl (C=O) groups excluding carboxylic acids is 1. The molecule has 0 unspecified atom stereocenters. The Bertz CT molecular complexity index is 590. The molecule has 1 N–H and O–H groups in total. The van der Waals surface area contributed by atoms with Crippen LogP contribution in [0.1, 0.15) is 33.3 Å². The van der Waals surface area contributed by atoms with Gasteiger partial charge < -0.3 is 4.74 Å². The average molecular weight is 317 g/mol. The molecule has 1 aromatic carbocycles. The van der Waals surface area contributed by atoms with Crippen LogP contribution < -0.4 is 4.72 Å². The minimum Gasteiger partial charge on any atom is -0.459 e. The van der Waals surface area contributed by atoms with E-state index in [-0.39, 0.29) is 5.75 Å². The SMILES string of the molecule is C[C@H](NS(=O)(=O)Cc1ccc(F)cc1)C(=O)OC(C)(C)C. The molecule has 0 saturated heterocycles. The summed E-state index contributed by atoms with van der Waals surface area (Å²) in [6.07, 6.45) is 0. The number of carbonyl (C=O) groups is 1. The van der Waals surface area contributed by atoms with Gasteiger partial charge in [0.05, 0.1) is 5.75 Å². The van der Waals surface area contributed by atoms with Gasteiger partial charge >= 0.3 is 5.97 Å². The van der Waals surface area contributed by atoms with Crippen molar-refractivity contribution in [3.63, 3.8) is 0 Å². The van der Waals surface area contributed by atoms with Crippen LogP contribution in [0.5, 0.6) is 0 Å². The maximum atomic E-state index is 12.8. The van der Waals surface area contributed by atoms with Crippen molar-refractivity contribution in [2.75, 3.05) is 0 Å². The predicted octanol–water partition coefficient (Wildman–Crippen LogP) is 1.98. The van der Waals surface area contributed by atoms with Gasteiger partial charge in [-0.15, -0.1) is 0 Å². The summed E-state index contributed by atoms with van der Waals surface area (Å²) in [5, 5.41) is 0. The Balaban J connectivity index is 2.67. The van der Waals surface area contributed by atoms with Crippen molar-refractivity contribution in [3.8, 4) is 0 Å². The molecule has 0 aliphatic carbocycles. The lowest BCUT2D eigenvalue weighted by molar-refractivity contribution is -0.156. The number of hydrogen-bond acceptors (Lipinski definition) is 4. The van der Waals surface area contributed by atoms with Crippen LogP contribution in [0.2, 0.25) is 0 Å². The Labute approximate surface area is 124 Å². The molecule has 1 atom stereocenters. The maximum absolute atomic E-state index is 12.8. The van der Waals surface area contributed by atoms with Gasteiger partial charge in [-0.2, -0.15) is 0 Å². The molecular formula is C14H20FNO4S. The highest BCUT2D eigenvalue weighted by Gasteiger charge is 2.25.